The molecular weight excluding hydrogens is 395 g/mol. The molecule has 5 nitrogen and oxygen atoms in total. The Morgan fingerprint density at radius 1 is 1.17 bits per heavy atom. The smallest absolute Gasteiger partial charge is 0.210 e. The maximum Gasteiger partial charge on any atom is 0.210 e. The molecule has 0 saturated carbocycles. The zero-order valence-corrected chi connectivity index (χ0v) is 14.9. The summed E-state index contributed by atoms with van der Waals surface area (Å²) in [4.78, 5) is 0. The molecule has 0 unspecified atom stereocenters. The molecule has 0 bridgehead atoms. The Bertz CT molecular complexity index is 825. The minimum absolute atomic E-state index is 0.340. The largest absolute Gasteiger partial charge is 0.493 e. The fourth-order valence-electron chi connectivity index (χ4n) is 2.02. The second kappa shape index (κ2) is 7.67. The van der Waals surface area contributed by atoms with Crippen LogP contribution in [0.15, 0.2) is 58.2 Å². The van der Waals surface area contributed by atoms with Gasteiger partial charge >= 0.3 is 0 Å². The second-order valence-corrected chi connectivity index (χ2v) is 6.82. The number of thioether (sulfide) groups is 1. The first-order valence-corrected chi connectivity index (χ1v) is 8.89. The molecule has 0 spiro atoms. The van der Waals surface area contributed by atoms with Crippen molar-refractivity contribution >= 4 is 27.7 Å². The summed E-state index contributed by atoms with van der Waals surface area (Å²) < 4.78 is 21.3. The predicted octanol–water partition coefficient (Wildman–Crippen LogP) is 3.73. The molecule has 0 atom stereocenters. The van der Waals surface area contributed by atoms with Gasteiger partial charge in [0.05, 0.1) is 6.61 Å². The highest BCUT2D eigenvalue weighted by Crippen LogP contribution is 2.22. The maximum absolute atomic E-state index is 13.3. The number of benzene rings is 2. The number of hydrogen-bond donors (Lipinski definition) is 1. The Labute approximate surface area is 151 Å². The van der Waals surface area contributed by atoms with Crippen molar-refractivity contribution in [2.24, 2.45) is 0 Å². The van der Waals surface area contributed by atoms with Gasteiger partial charge in [0.2, 0.25) is 5.16 Å². The zero-order valence-electron chi connectivity index (χ0n) is 12.5. The van der Waals surface area contributed by atoms with E-state index in [2.05, 4.69) is 26.1 Å². The number of nitrogens with zero attached hydrogens (tertiary/aromatic N) is 3. The van der Waals surface area contributed by atoms with E-state index in [1.54, 1.807) is 12.1 Å². The number of ether oxygens (including phenoxy) is 1. The van der Waals surface area contributed by atoms with E-state index < -0.39 is 0 Å². The number of halogens is 2. The number of nitrogen functional groups attached to an aromatic ring is 1. The van der Waals surface area contributed by atoms with Gasteiger partial charge in [0.15, 0.2) is 5.82 Å². The summed E-state index contributed by atoms with van der Waals surface area (Å²) >= 11 is 4.80. The van der Waals surface area contributed by atoms with E-state index in [1.807, 2.05) is 24.3 Å². The van der Waals surface area contributed by atoms with Crippen molar-refractivity contribution in [3.8, 4) is 17.1 Å². The molecule has 3 aromatic rings. The minimum atomic E-state index is -0.340. The van der Waals surface area contributed by atoms with Crippen molar-refractivity contribution in [1.82, 2.24) is 14.9 Å². The number of nitrogens with two attached hydrogens (primary N) is 1. The van der Waals surface area contributed by atoms with E-state index in [1.165, 1.54) is 28.6 Å². The summed E-state index contributed by atoms with van der Waals surface area (Å²) in [6.07, 6.45) is 0. The molecule has 2 aromatic carbocycles. The van der Waals surface area contributed by atoms with E-state index in [0.717, 1.165) is 10.2 Å². The topological polar surface area (TPSA) is 66.0 Å². The quantitative estimate of drug-likeness (QED) is 0.382. The molecule has 0 fully saturated rings. The first kappa shape index (κ1) is 16.8. The summed E-state index contributed by atoms with van der Waals surface area (Å²) in [6.45, 7) is 0.508. The van der Waals surface area contributed by atoms with Gasteiger partial charge in [-0.15, -0.1) is 10.2 Å². The SMILES string of the molecule is Nn1c(SCCOc2ccc(Br)cc2)nnc1-c1cccc(F)c1. The van der Waals surface area contributed by atoms with Crippen molar-refractivity contribution in [2.45, 2.75) is 5.16 Å². The van der Waals surface area contributed by atoms with Gasteiger partial charge in [0.1, 0.15) is 11.6 Å². The molecular formula is C16H14BrFN4OS. The lowest BCUT2D eigenvalue weighted by atomic mass is 10.2. The Morgan fingerprint density at radius 3 is 2.71 bits per heavy atom. The number of aromatic nitrogens is 3. The third kappa shape index (κ3) is 4.07. The van der Waals surface area contributed by atoms with E-state index >= 15 is 0 Å². The van der Waals surface area contributed by atoms with Crippen molar-refractivity contribution in [3.63, 3.8) is 0 Å². The average Bonchev–Trinajstić information content (AvgIpc) is 2.94. The minimum Gasteiger partial charge on any atom is -0.493 e. The van der Waals surface area contributed by atoms with Gasteiger partial charge in [-0.1, -0.05) is 39.8 Å². The number of rotatable bonds is 6. The van der Waals surface area contributed by atoms with Crippen LogP contribution < -0.4 is 10.6 Å². The molecule has 3 rings (SSSR count). The molecule has 1 aromatic heterocycles. The first-order chi connectivity index (χ1) is 11.6. The standard InChI is InChI=1S/C16H14BrFN4OS/c17-12-4-6-14(7-5-12)23-8-9-24-16-21-20-15(22(16)19)11-2-1-3-13(18)10-11/h1-7,10H,8-9,19H2. The van der Waals surface area contributed by atoms with Crippen LogP contribution in [-0.4, -0.2) is 27.2 Å². The molecule has 0 amide bonds. The molecule has 0 radical (unpaired) electrons. The molecule has 8 heteroatoms. The van der Waals surface area contributed by atoms with Crippen LogP contribution in [0.2, 0.25) is 0 Å². The normalized spacial score (nSPS) is 10.8. The van der Waals surface area contributed by atoms with Gasteiger partial charge in [-0.05, 0) is 36.4 Å². The van der Waals surface area contributed by atoms with Crippen LogP contribution in [0.5, 0.6) is 5.75 Å². The first-order valence-electron chi connectivity index (χ1n) is 7.11. The van der Waals surface area contributed by atoms with Gasteiger partial charge in [-0.3, -0.25) is 0 Å². The van der Waals surface area contributed by atoms with Crippen molar-refractivity contribution in [3.05, 3.63) is 58.8 Å². The maximum atomic E-state index is 13.3. The molecule has 0 aliphatic rings. The predicted molar refractivity (Wildman–Crippen MR) is 95.9 cm³/mol. The summed E-state index contributed by atoms with van der Waals surface area (Å²) in [5.41, 5.74) is 0.586. The van der Waals surface area contributed by atoms with Crippen LogP contribution in [0.1, 0.15) is 0 Å². The van der Waals surface area contributed by atoms with E-state index in [0.29, 0.717) is 28.9 Å². The fraction of sp³-hybridized carbons (Fsp3) is 0.125. The summed E-state index contributed by atoms with van der Waals surface area (Å²) in [6, 6.07) is 13.7. The molecule has 124 valence electrons. The Balaban J connectivity index is 1.57. The molecule has 0 saturated heterocycles. The molecule has 2 N–H and O–H groups in total. The highest BCUT2D eigenvalue weighted by atomic mass is 79.9. The van der Waals surface area contributed by atoms with Crippen LogP contribution in [-0.2, 0) is 0 Å². The Hall–Kier alpha value is -2.06. The highest BCUT2D eigenvalue weighted by Gasteiger charge is 2.12. The third-order valence-electron chi connectivity index (χ3n) is 3.14. The number of hydrogen-bond acceptors (Lipinski definition) is 5. The lowest BCUT2D eigenvalue weighted by molar-refractivity contribution is 0.344. The van der Waals surface area contributed by atoms with Crippen LogP contribution in [0, 0.1) is 5.82 Å². The summed E-state index contributed by atoms with van der Waals surface area (Å²) in [7, 11) is 0. The van der Waals surface area contributed by atoms with Crippen molar-refractivity contribution in [2.75, 3.05) is 18.2 Å². The third-order valence-corrected chi connectivity index (χ3v) is 4.58. The zero-order chi connectivity index (χ0) is 16.9. The van der Waals surface area contributed by atoms with Crippen LogP contribution in [0.3, 0.4) is 0 Å². The molecule has 0 aliphatic heterocycles. The molecule has 24 heavy (non-hydrogen) atoms. The fourth-order valence-corrected chi connectivity index (χ4v) is 2.96. The second-order valence-electron chi connectivity index (χ2n) is 4.84. The Morgan fingerprint density at radius 2 is 1.96 bits per heavy atom. The lowest BCUT2D eigenvalue weighted by Gasteiger charge is -2.06. The van der Waals surface area contributed by atoms with Crippen LogP contribution >= 0.6 is 27.7 Å². The monoisotopic (exact) mass is 408 g/mol. The van der Waals surface area contributed by atoms with E-state index in [-0.39, 0.29) is 5.82 Å². The highest BCUT2D eigenvalue weighted by molar-refractivity contribution is 9.10. The van der Waals surface area contributed by atoms with Crippen LogP contribution in [0.25, 0.3) is 11.4 Å². The van der Waals surface area contributed by atoms with Gasteiger partial charge < -0.3 is 10.6 Å². The van der Waals surface area contributed by atoms with Gasteiger partial charge in [-0.2, -0.15) is 0 Å². The van der Waals surface area contributed by atoms with Gasteiger partial charge in [-0.25, -0.2) is 9.07 Å². The van der Waals surface area contributed by atoms with Gasteiger partial charge in [0.25, 0.3) is 0 Å². The van der Waals surface area contributed by atoms with E-state index in [9.17, 15) is 4.39 Å². The van der Waals surface area contributed by atoms with Gasteiger partial charge in [0, 0.05) is 15.8 Å². The average molecular weight is 409 g/mol. The summed E-state index contributed by atoms with van der Waals surface area (Å²) in [5, 5.41) is 8.62. The lowest BCUT2D eigenvalue weighted by Crippen LogP contribution is -2.12. The summed E-state index contributed by atoms with van der Waals surface area (Å²) in [5.74, 6) is 7.54. The van der Waals surface area contributed by atoms with Crippen molar-refractivity contribution in [1.29, 1.82) is 0 Å². The Kier molecular flexibility index (Phi) is 5.37. The van der Waals surface area contributed by atoms with E-state index in [4.69, 9.17) is 10.6 Å². The molecule has 0 aliphatic carbocycles. The molecule has 1 heterocycles. The van der Waals surface area contributed by atoms with Crippen LogP contribution in [0.4, 0.5) is 4.39 Å². The van der Waals surface area contributed by atoms with Crippen molar-refractivity contribution < 1.29 is 9.13 Å².